The van der Waals surface area contributed by atoms with Crippen molar-refractivity contribution in [1.82, 2.24) is 25.1 Å². The molecule has 0 saturated carbocycles. The molecule has 0 spiro atoms. The van der Waals surface area contributed by atoms with E-state index < -0.39 is 11.3 Å². The average Bonchev–Trinajstić information content (AvgIpc) is 3.44. The number of allylic oxidation sites excluding steroid dienone is 3. The molecule has 1 aromatic rings. The van der Waals surface area contributed by atoms with Crippen molar-refractivity contribution < 1.29 is 14.3 Å². The molecule has 4 N–H and O–H groups in total. The first-order chi connectivity index (χ1) is 21.3. The number of nitrogens with zero attached hydrogens (tertiary/aromatic N) is 6. The quantitative estimate of drug-likeness (QED) is 0.172. The Hall–Kier alpha value is -4.24. The lowest BCUT2D eigenvalue weighted by Crippen LogP contribution is -2.54. The Kier molecular flexibility index (Phi) is 10.3. The summed E-state index contributed by atoms with van der Waals surface area (Å²) in [4.78, 5) is 41.7. The van der Waals surface area contributed by atoms with Gasteiger partial charge < -0.3 is 25.6 Å². The molecule has 3 aliphatic rings. The van der Waals surface area contributed by atoms with Crippen molar-refractivity contribution in [1.29, 1.82) is 10.7 Å². The van der Waals surface area contributed by atoms with Gasteiger partial charge in [-0.2, -0.15) is 15.2 Å². The van der Waals surface area contributed by atoms with Crippen LogP contribution in [0.1, 0.15) is 72.4 Å². The van der Waals surface area contributed by atoms with Crippen molar-refractivity contribution in [2.45, 2.75) is 84.9 Å². The van der Waals surface area contributed by atoms with E-state index in [4.69, 9.17) is 20.9 Å². The van der Waals surface area contributed by atoms with Crippen LogP contribution in [0.15, 0.2) is 41.1 Å². The van der Waals surface area contributed by atoms with E-state index in [1.54, 1.807) is 24.8 Å². The molecular weight excluding hydrogens is 570 g/mol. The number of likely N-dealkylation sites (N-methyl/N-ethyl adjacent to an activating group) is 1. The van der Waals surface area contributed by atoms with Crippen LogP contribution < -0.4 is 20.7 Å². The molecule has 2 saturated heterocycles. The van der Waals surface area contributed by atoms with Gasteiger partial charge in [0, 0.05) is 43.5 Å². The Morgan fingerprint density at radius 2 is 2.04 bits per heavy atom. The number of rotatable bonds is 8. The van der Waals surface area contributed by atoms with E-state index in [1.165, 1.54) is 6.08 Å². The maximum absolute atomic E-state index is 13.9. The molecule has 0 aromatic carbocycles. The summed E-state index contributed by atoms with van der Waals surface area (Å²) in [5.41, 5.74) is 7.47. The highest BCUT2D eigenvalue weighted by Crippen LogP contribution is 2.44. The van der Waals surface area contributed by atoms with Crippen LogP contribution in [0.5, 0.6) is 6.01 Å². The highest BCUT2D eigenvalue weighted by atomic mass is 16.5. The second-order valence-corrected chi connectivity index (χ2v) is 12.8. The second-order valence-electron chi connectivity index (χ2n) is 12.8. The first-order valence-electron chi connectivity index (χ1n) is 15.7. The molecule has 242 valence electrons. The van der Waals surface area contributed by atoms with E-state index in [1.807, 2.05) is 25.7 Å². The molecule has 4 rings (SSSR count). The first-order valence-corrected chi connectivity index (χ1v) is 15.7. The first kappa shape index (κ1) is 33.6. The van der Waals surface area contributed by atoms with E-state index >= 15 is 0 Å². The number of amidine groups is 1. The van der Waals surface area contributed by atoms with Crippen LogP contribution in [-0.2, 0) is 9.59 Å². The average molecular weight is 618 g/mol. The predicted molar refractivity (Wildman–Crippen MR) is 173 cm³/mol. The molecule has 0 radical (unpaired) electrons. The lowest BCUT2D eigenvalue weighted by molar-refractivity contribution is -0.128. The van der Waals surface area contributed by atoms with Gasteiger partial charge >= 0.3 is 6.01 Å². The van der Waals surface area contributed by atoms with Gasteiger partial charge in [-0.05, 0) is 92.0 Å². The molecule has 3 heterocycles. The largest absolute Gasteiger partial charge is 0.459 e. The van der Waals surface area contributed by atoms with Gasteiger partial charge in [0.15, 0.2) is 5.84 Å². The minimum Gasteiger partial charge on any atom is -0.459 e. The molecule has 1 aliphatic carbocycles. The van der Waals surface area contributed by atoms with Crippen molar-refractivity contribution in [3.8, 4) is 12.1 Å². The Morgan fingerprint density at radius 3 is 2.64 bits per heavy atom. The molecule has 45 heavy (non-hydrogen) atoms. The Balaban J connectivity index is 1.65. The van der Waals surface area contributed by atoms with Crippen LogP contribution in [0, 0.1) is 22.2 Å². The van der Waals surface area contributed by atoms with Crippen LogP contribution in [0.2, 0.25) is 0 Å². The van der Waals surface area contributed by atoms with Crippen molar-refractivity contribution in [3.63, 3.8) is 0 Å². The molecule has 0 unspecified atom stereocenters. The van der Waals surface area contributed by atoms with Gasteiger partial charge in [-0.25, -0.2) is 0 Å². The summed E-state index contributed by atoms with van der Waals surface area (Å²) in [7, 11) is 2.08. The molecule has 2 amide bonds. The number of hydrogen-bond donors (Lipinski definition) is 3. The summed E-state index contributed by atoms with van der Waals surface area (Å²) in [6.07, 6.45) is 5.27. The number of nitrogens with one attached hydrogen (secondary N) is 2. The number of nitriles is 1. The number of nitrogens with two attached hydrogens (primary N) is 1. The summed E-state index contributed by atoms with van der Waals surface area (Å²) >= 11 is 0. The minimum absolute atomic E-state index is 0.0923. The van der Waals surface area contributed by atoms with Gasteiger partial charge in [0.1, 0.15) is 23.7 Å². The smallest absolute Gasteiger partial charge is 0.319 e. The summed E-state index contributed by atoms with van der Waals surface area (Å²) in [6, 6.07) is 4.12. The summed E-state index contributed by atoms with van der Waals surface area (Å²) in [5, 5.41) is 21.7. The number of anilines is 1. The van der Waals surface area contributed by atoms with Crippen molar-refractivity contribution in [2.24, 2.45) is 11.1 Å². The lowest BCUT2D eigenvalue weighted by atomic mass is 9.68. The van der Waals surface area contributed by atoms with Crippen LogP contribution >= 0.6 is 0 Å². The van der Waals surface area contributed by atoms with Crippen molar-refractivity contribution in [3.05, 3.63) is 46.8 Å². The zero-order chi connectivity index (χ0) is 33.1. The fourth-order valence-electron chi connectivity index (χ4n) is 6.94. The third-order valence-electron chi connectivity index (χ3n) is 9.47. The topological polar surface area (TPSA) is 165 Å². The molecule has 1 aromatic heterocycles. The monoisotopic (exact) mass is 617 g/mol. The molecular formula is C33H47N9O3. The summed E-state index contributed by atoms with van der Waals surface area (Å²) in [5.74, 6) is -0.160. The number of hydrogen-bond acceptors (Lipinski definition) is 10. The van der Waals surface area contributed by atoms with Gasteiger partial charge in [0.05, 0.1) is 11.0 Å². The number of carbonyl (C=O) groups is 2. The third kappa shape index (κ3) is 7.04. The minimum atomic E-state index is -1.06. The number of amides is 2. The van der Waals surface area contributed by atoms with Gasteiger partial charge in [-0.15, -0.1) is 0 Å². The lowest BCUT2D eigenvalue weighted by Gasteiger charge is -2.40. The van der Waals surface area contributed by atoms with Gasteiger partial charge in [0.2, 0.25) is 11.8 Å². The molecule has 4 atom stereocenters. The Labute approximate surface area is 266 Å². The number of piperazine rings is 1. The highest BCUT2D eigenvalue weighted by molar-refractivity contribution is 6.08. The summed E-state index contributed by atoms with van der Waals surface area (Å²) < 4.78 is 6.30. The standard InChI is InChI=1S/C33H47N9O3/c1-8-28(43)42-16-15-41(19-21(42)3)27-17-25(37-32(38-27)45-23(5)26-12-10-14-40(26)7)30(36)39-31(44)33(6)13-9-11-20(2)29(33)24(18-34)22(4)35/h8,17,21,23,26H,1,9-16,19,35H2,2-7H3,(H2,36,39,44)/b24-22+/t21-,23+,26+,33+/m1/s1. The SMILES string of the molecule is C=CC(=O)N1CCN(c2cc(C(=N)NC(=O)[C@@]3(C)CCCC(C)=C3/C(C#N)=C(\C)N)nc(O[C@@H](C)[C@@H]3CCCN3C)n2)C[C@H]1C. The van der Waals surface area contributed by atoms with E-state index in [0.29, 0.717) is 48.7 Å². The van der Waals surface area contributed by atoms with Gasteiger partial charge in [-0.1, -0.05) is 12.2 Å². The zero-order valence-corrected chi connectivity index (χ0v) is 27.4. The highest BCUT2D eigenvalue weighted by Gasteiger charge is 2.43. The van der Waals surface area contributed by atoms with E-state index in [9.17, 15) is 14.9 Å². The maximum atomic E-state index is 13.9. The number of ether oxygens (including phenoxy) is 1. The van der Waals surface area contributed by atoms with Gasteiger partial charge in [0.25, 0.3) is 0 Å². The van der Waals surface area contributed by atoms with E-state index in [0.717, 1.165) is 37.8 Å². The van der Waals surface area contributed by atoms with E-state index in [-0.39, 0.29) is 41.6 Å². The Morgan fingerprint density at radius 1 is 1.31 bits per heavy atom. The molecule has 2 fully saturated rings. The number of carbonyl (C=O) groups excluding carboxylic acids is 2. The van der Waals surface area contributed by atoms with Crippen LogP contribution in [-0.4, -0.2) is 88.8 Å². The van der Waals surface area contributed by atoms with Crippen LogP contribution in [0.25, 0.3) is 0 Å². The van der Waals surface area contributed by atoms with Crippen molar-refractivity contribution >= 4 is 23.5 Å². The van der Waals surface area contributed by atoms with Crippen LogP contribution in [0.3, 0.4) is 0 Å². The number of aromatic nitrogens is 2. The predicted octanol–water partition coefficient (Wildman–Crippen LogP) is 3.27. The third-order valence-corrected chi connectivity index (χ3v) is 9.47. The van der Waals surface area contributed by atoms with Crippen LogP contribution in [0.4, 0.5) is 5.82 Å². The second kappa shape index (κ2) is 13.8. The van der Waals surface area contributed by atoms with E-state index in [2.05, 4.69) is 34.9 Å². The molecule has 0 bridgehead atoms. The molecule has 12 heteroatoms. The zero-order valence-electron chi connectivity index (χ0n) is 27.4. The molecule has 12 nitrogen and oxygen atoms in total. The fourth-order valence-corrected chi connectivity index (χ4v) is 6.94. The summed E-state index contributed by atoms with van der Waals surface area (Å²) in [6.45, 7) is 15.5. The fraction of sp³-hybridized carbons (Fsp3) is 0.576. The Bertz CT molecular complexity index is 1460. The van der Waals surface area contributed by atoms with Gasteiger partial charge in [-0.3, -0.25) is 19.9 Å². The molecule has 2 aliphatic heterocycles. The number of likely N-dealkylation sites (tertiary alicyclic amines) is 1. The maximum Gasteiger partial charge on any atom is 0.319 e. The normalized spacial score (nSPS) is 25.3. The van der Waals surface area contributed by atoms with Crippen molar-refractivity contribution in [2.75, 3.05) is 38.1 Å².